The first kappa shape index (κ1) is 11.3. The van der Waals surface area contributed by atoms with Gasteiger partial charge in [-0.1, -0.05) is 13.3 Å². The monoisotopic (exact) mass is 225 g/mol. The van der Waals surface area contributed by atoms with E-state index in [-0.39, 0.29) is 6.10 Å². The van der Waals surface area contributed by atoms with Gasteiger partial charge in [0.05, 0.1) is 18.9 Å². The number of aromatic nitrogens is 2. The summed E-state index contributed by atoms with van der Waals surface area (Å²) >= 11 is 0. The highest BCUT2D eigenvalue weighted by atomic mass is 16.6. The first-order valence-electron chi connectivity index (χ1n) is 5.78. The molecule has 1 aliphatic heterocycles. The van der Waals surface area contributed by atoms with Crippen molar-refractivity contribution in [2.45, 2.75) is 32.3 Å². The zero-order valence-corrected chi connectivity index (χ0v) is 9.90. The molecule has 5 nitrogen and oxygen atoms in total. The lowest BCUT2D eigenvalue weighted by Crippen LogP contribution is -2.18. The number of nitrogens with zero attached hydrogens (tertiary/aromatic N) is 2. The molecule has 0 saturated carbocycles. The molecular weight excluding hydrogens is 206 g/mol. The molecule has 0 bridgehead atoms. The maximum atomic E-state index is 6.02. The lowest BCUT2D eigenvalue weighted by atomic mass is 10.2. The van der Waals surface area contributed by atoms with Crippen LogP contribution in [0, 0.1) is 0 Å². The molecule has 0 aliphatic carbocycles. The zero-order valence-electron chi connectivity index (χ0n) is 9.90. The van der Waals surface area contributed by atoms with Crippen LogP contribution >= 0.6 is 0 Å². The lowest BCUT2D eigenvalue weighted by Gasteiger charge is -2.12. The number of hydrogen-bond donors (Lipinski definition) is 1. The summed E-state index contributed by atoms with van der Waals surface area (Å²) < 4.78 is 12.8. The Morgan fingerprint density at radius 3 is 3.06 bits per heavy atom. The van der Waals surface area contributed by atoms with Gasteiger partial charge in [-0.3, -0.25) is 0 Å². The molecule has 0 amide bonds. The topological polar surface area (TPSA) is 62.3 Å². The number of hydrogen-bond acceptors (Lipinski definition) is 4. The first-order valence-corrected chi connectivity index (χ1v) is 5.78. The van der Waals surface area contributed by atoms with Gasteiger partial charge in [-0.15, -0.1) is 0 Å². The molecule has 1 atom stereocenters. The largest absolute Gasteiger partial charge is 0.471 e. The third kappa shape index (κ3) is 2.14. The van der Waals surface area contributed by atoms with Gasteiger partial charge in [0.2, 0.25) is 5.88 Å². The van der Waals surface area contributed by atoms with E-state index in [1.165, 1.54) is 0 Å². The van der Waals surface area contributed by atoms with Gasteiger partial charge in [0.1, 0.15) is 11.8 Å². The Labute approximate surface area is 95.5 Å². The molecule has 2 N–H and O–H groups in total. The Morgan fingerprint density at radius 1 is 1.62 bits per heavy atom. The lowest BCUT2D eigenvalue weighted by molar-refractivity contribution is 0.135. The van der Waals surface area contributed by atoms with Crippen molar-refractivity contribution < 1.29 is 9.47 Å². The van der Waals surface area contributed by atoms with Crippen molar-refractivity contribution in [1.82, 2.24) is 9.78 Å². The van der Waals surface area contributed by atoms with Crippen LogP contribution < -0.4 is 10.5 Å². The number of rotatable bonds is 4. The van der Waals surface area contributed by atoms with Crippen LogP contribution in [0.2, 0.25) is 0 Å². The fourth-order valence-electron chi connectivity index (χ4n) is 1.90. The molecule has 5 heteroatoms. The van der Waals surface area contributed by atoms with Crippen LogP contribution in [0.4, 0.5) is 5.69 Å². The molecule has 2 rings (SSSR count). The van der Waals surface area contributed by atoms with Crippen molar-refractivity contribution in [3.63, 3.8) is 0 Å². The minimum absolute atomic E-state index is 0.118. The summed E-state index contributed by atoms with van der Waals surface area (Å²) in [5, 5.41) is 4.37. The van der Waals surface area contributed by atoms with Gasteiger partial charge < -0.3 is 15.2 Å². The average molecular weight is 225 g/mol. The van der Waals surface area contributed by atoms with Crippen LogP contribution in [-0.4, -0.2) is 29.1 Å². The molecule has 0 radical (unpaired) electrons. The van der Waals surface area contributed by atoms with Crippen LogP contribution in [0.5, 0.6) is 5.88 Å². The average Bonchev–Trinajstić information content (AvgIpc) is 2.84. The molecule has 1 saturated heterocycles. The number of ether oxygens (including phenoxy) is 2. The maximum Gasteiger partial charge on any atom is 0.236 e. The van der Waals surface area contributed by atoms with E-state index in [9.17, 15) is 0 Å². The third-order valence-corrected chi connectivity index (χ3v) is 2.76. The molecule has 16 heavy (non-hydrogen) atoms. The molecule has 1 aliphatic rings. The number of nitrogen functional groups attached to an aromatic ring is 1. The van der Waals surface area contributed by atoms with E-state index in [1.807, 2.05) is 7.05 Å². The smallest absolute Gasteiger partial charge is 0.236 e. The minimum Gasteiger partial charge on any atom is -0.471 e. The normalized spacial score (nSPS) is 20.2. The van der Waals surface area contributed by atoms with Crippen LogP contribution in [0.3, 0.4) is 0 Å². The standard InChI is InChI=1S/C11H19N3O2/c1-3-4-9-10(12)11(14(2)13-9)16-8-5-6-15-7-8/h8H,3-7,12H2,1-2H3. The summed E-state index contributed by atoms with van der Waals surface area (Å²) in [6.45, 7) is 3.53. The van der Waals surface area contributed by atoms with E-state index >= 15 is 0 Å². The Morgan fingerprint density at radius 2 is 2.44 bits per heavy atom. The molecule has 1 unspecified atom stereocenters. The second kappa shape index (κ2) is 4.74. The van der Waals surface area contributed by atoms with Crippen LogP contribution in [-0.2, 0) is 18.2 Å². The van der Waals surface area contributed by atoms with E-state index in [0.29, 0.717) is 18.2 Å². The SMILES string of the molecule is CCCc1nn(C)c(OC2CCOC2)c1N. The van der Waals surface area contributed by atoms with E-state index in [2.05, 4.69) is 12.0 Å². The maximum absolute atomic E-state index is 6.02. The third-order valence-electron chi connectivity index (χ3n) is 2.76. The van der Waals surface area contributed by atoms with Crippen molar-refractivity contribution in [1.29, 1.82) is 0 Å². The zero-order chi connectivity index (χ0) is 11.5. The van der Waals surface area contributed by atoms with Gasteiger partial charge in [0.25, 0.3) is 0 Å². The predicted molar refractivity (Wildman–Crippen MR) is 61.5 cm³/mol. The van der Waals surface area contributed by atoms with Crippen molar-refractivity contribution in [2.75, 3.05) is 18.9 Å². The highest BCUT2D eigenvalue weighted by molar-refractivity contribution is 5.53. The van der Waals surface area contributed by atoms with Gasteiger partial charge >= 0.3 is 0 Å². The van der Waals surface area contributed by atoms with Crippen molar-refractivity contribution >= 4 is 5.69 Å². The molecule has 90 valence electrons. The molecular formula is C11H19N3O2. The summed E-state index contributed by atoms with van der Waals surface area (Å²) in [6.07, 6.45) is 2.97. The Balaban J connectivity index is 2.12. The Kier molecular flexibility index (Phi) is 3.33. The van der Waals surface area contributed by atoms with Gasteiger partial charge in [-0.05, 0) is 6.42 Å². The van der Waals surface area contributed by atoms with Crippen LogP contribution in [0.1, 0.15) is 25.5 Å². The van der Waals surface area contributed by atoms with Crippen LogP contribution in [0.25, 0.3) is 0 Å². The minimum atomic E-state index is 0.118. The summed E-state index contributed by atoms with van der Waals surface area (Å²) in [5.74, 6) is 0.680. The molecule has 0 aromatic carbocycles. The number of aryl methyl sites for hydroxylation is 2. The van der Waals surface area contributed by atoms with Crippen molar-refractivity contribution in [2.24, 2.45) is 7.05 Å². The second-order valence-electron chi connectivity index (χ2n) is 4.14. The molecule has 1 aromatic heterocycles. The Bertz CT molecular complexity index is 356. The van der Waals surface area contributed by atoms with Gasteiger partial charge in [-0.25, -0.2) is 4.68 Å². The Hall–Kier alpha value is -1.23. The predicted octanol–water partition coefficient (Wildman–Crippen LogP) is 1.12. The van der Waals surface area contributed by atoms with Gasteiger partial charge in [0, 0.05) is 13.5 Å². The fourth-order valence-corrected chi connectivity index (χ4v) is 1.90. The van der Waals surface area contributed by atoms with Crippen molar-refractivity contribution in [3.8, 4) is 5.88 Å². The fraction of sp³-hybridized carbons (Fsp3) is 0.727. The van der Waals surface area contributed by atoms with Gasteiger partial charge in [0.15, 0.2) is 0 Å². The molecule has 2 heterocycles. The van der Waals surface area contributed by atoms with Crippen molar-refractivity contribution in [3.05, 3.63) is 5.69 Å². The van der Waals surface area contributed by atoms with E-state index < -0.39 is 0 Å². The summed E-state index contributed by atoms with van der Waals surface area (Å²) in [4.78, 5) is 0. The van der Waals surface area contributed by atoms with Gasteiger partial charge in [-0.2, -0.15) is 5.10 Å². The van der Waals surface area contributed by atoms with E-state index in [4.69, 9.17) is 15.2 Å². The van der Waals surface area contributed by atoms with E-state index in [0.717, 1.165) is 31.6 Å². The highest BCUT2D eigenvalue weighted by Gasteiger charge is 2.22. The van der Waals surface area contributed by atoms with E-state index in [1.54, 1.807) is 4.68 Å². The van der Waals surface area contributed by atoms with Crippen LogP contribution in [0.15, 0.2) is 0 Å². The summed E-state index contributed by atoms with van der Waals surface area (Å²) in [7, 11) is 1.86. The summed E-state index contributed by atoms with van der Waals surface area (Å²) in [5.41, 5.74) is 7.63. The molecule has 1 fully saturated rings. The number of nitrogens with two attached hydrogens (primary N) is 1. The quantitative estimate of drug-likeness (QED) is 0.834. The summed E-state index contributed by atoms with van der Waals surface area (Å²) in [6, 6.07) is 0. The second-order valence-corrected chi connectivity index (χ2v) is 4.14. The molecule has 0 spiro atoms. The first-order chi connectivity index (χ1) is 7.72. The molecule has 1 aromatic rings. The number of anilines is 1. The highest BCUT2D eigenvalue weighted by Crippen LogP contribution is 2.27.